The predicted molar refractivity (Wildman–Crippen MR) is 184 cm³/mol. The molecule has 7 atom stereocenters. The van der Waals surface area contributed by atoms with Crippen LogP contribution in [0.25, 0.3) is 0 Å². The monoisotopic (exact) mass is 593 g/mol. The number of rotatable bonds is 7. The molecule has 6 rings (SSSR count). The van der Waals surface area contributed by atoms with Crippen LogP contribution in [-0.4, -0.2) is 0 Å². The van der Waals surface area contributed by atoms with Crippen molar-refractivity contribution in [3.63, 3.8) is 0 Å². The molecule has 0 radical (unpaired) electrons. The smallest absolute Gasteiger partial charge is 0.0137 e. The molecule has 7 unspecified atom stereocenters. The van der Waals surface area contributed by atoms with E-state index in [1.807, 2.05) is 4.88 Å². The highest BCUT2D eigenvalue weighted by atomic mass is 32.1. The number of thiophene rings is 1. The molecule has 5 fully saturated rings. The summed E-state index contributed by atoms with van der Waals surface area (Å²) in [6.07, 6.45) is 26.7. The Balaban J connectivity index is 1.52. The van der Waals surface area contributed by atoms with E-state index in [4.69, 9.17) is 0 Å². The molecule has 0 saturated heterocycles. The molecular formula is C41H68S. The van der Waals surface area contributed by atoms with Gasteiger partial charge in [0.15, 0.2) is 0 Å². The minimum absolute atomic E-state index is 0.452. The van der Waals surface area contributed by atoms with Crippen LogP contribution in [0, 0.1) is 64.1 Å². The maximum absolute atomic E-state index is 2.76. The summed E-state index contributed by atoms with van der Waals surface area (Å²) in [7, 11) is 0. The van der Waals surface area contributed by atoms with Crippen LogP contribution < -0.4 is 0 Å². The Morgan fingerprint density at radius 1 is 0.595 bits per heavy atom. The zero-order valence-electron chi connectivity index (χ0n) is 29.0. The molecule has 5 saturated carbocycles. The highest BCUT2D eigenvalue weighted by molar-refractivity contribution is 7.12. The molecule has 0 aromatic carbocycles. The lowest BCUT2D eigenvalue weighted by Crippen LogP contribution is -2.53. The SMILES string of the molecule is CCCCc1ccc(C(C2CCCCC2)(C2CCCC2)C2C3CC(C(C)(C)C)CCC3C3CCC(C(C)(C)C)CC32)s1. The lowest BCUT2D eigenvalue weighted by molar-refractivity contribution is -0.0160. The molecule has 0 spiro atoms. The van der Waals surface area contributed by atoms with Gasteiger partial charge in [0, 0.05) is 15.2 Å². The van der Waals surface area contributed by atoms with Gasteiger partial charge >= 0.3 is 0 Å². The van der Waals surface area contributed by atoms with Gasteiger partial charge in [0.05, 0.1) is 0 Å². The molecule has 5 aliphatic rings. The maximum atomic E-state index is 2.76. The van der Waals surface area contributed by atoms with Crippen molar-refractivity contribution in [1.29, 1.82) is 0 Å². The first-order valence-corrected chi connectivity index (χ1v) is 20.0. The van der Waals surface area contributed by atoms with E-state index in [9.17, 15) is 0 Å². The second kappa shape index (κ2) is 12.5. The third-order valence-corrected chi connectivity index (χ3v) is 15.9. The van der Waals surface area contributed by atoms with Crippen LogP contribution in [0.4, 0.5) is 0 Å². The summed E-state index contributed by atoms with van der Waals surface area (Å²) >= 11 is 2.34. The standard InChI is InChI=1S/C41H68S/c1-8-9-19-32-22-25-37(42-32)41(29-17-13-14-18-29,28-15-11-10-12-16-28)38-35-26-30(39(2,3)4)20-23-33(35)34-24-21-31(27-36(34)38)40(5,6)7/h22,25,28-31,33-36,38H,8-21,23-24,26-27H2,1-7H3. The summed E-state index contributed by atoms with van der Waals surface area (Å²) in [5, 5.41) is 0. The van der Waals surface area contributed by atoms with Gasteiger partial charge < -0.3 is 0 Å². The molecule has 5 aliphatic carbocycles. The molecule has 0 N–H and O–H groups in total. The Bertz CT molecular complexity index is 968. The second-order valence-corrected chi connectivity index (χ2v) is 19.7. The van der Waals surface area contributed by atoms with E-state index in [0.29, 0.717) is 16.2 Å². The molecule has 1 heteroatoms. The summed E-state index contributed by atoms with van der Waals surface area (Å²) in [6.45, 7) is 17.8. The van der Waals surface area contributed by atoms with Gasteiger partial charge in [-0.25, -0.2) is 0 Å². The van der Waals surface area contributed by atoms with E-state index in [2.05, 4.69) is 71.9 Å². The molecular weight excluding hydrogens is 525 g/mol. The van der Waals surface area contributed by atoms with Crippen LogP contribution in [0.2, 0.25) is 0 Å². The number of hydrogen-bond acceptors (Lipinski definition) is 1. The maximum Gasteiger partial charge on any atom is 0.0137 e. The molecule has 0 amide bonds. The summed E-state index contributed by atoms with van der Waals surface area (Å²) in [6, 6.07) is 5.39. The van der Waals surface area contributed by atoms with Gasteiger partial charge in [-0.15, -0.1) is 11.3 Å². The topological polar surface area (TPSA) is 0 Å². The average Bonchev–Trinajstić information content (AvgIpc) is 3.73. The van der Waals surface area contributed by atoms with Crippen LogP contribution in [0.5, 0.6) is 0 Å². The highest BCUT2D eigenvalue weighted by Crippen LogP contribution is 2.70. The van der Waals surface area contributed by atoms with Crippen molar-refractivity contribution in [2.45, 2.75) is 169 Å². The van der Waals surface area contributed by atoms with Crippen molar-refractivity contribution >= 4 is 11.3 Å². The summed E-state index contributed by atoms with van der Waals surface area (Å²) in [4.78, 5) is 3.62. The van der Waals surface area contributed by atoms with Gasteiger partial charge in [-0.05, 0) is 153 Å². The van der Waals surface area contributed by atoms with Gasteiger partial charge in [0.25, 0.3) is 0 Å². The van der Waals surface area contributed by atoms with Crippen molar-refractivity contribution < 1.29 is 0 Å². The van der Waals surface area contributed by atoms with E-state index in [-0.39, 0.29) is 0 Å². The normalized spacial score (nSPS) is 36.5. The molecule has 0 aliphatic heterocycles. The fourth-order valence-corrected chi connectivity index (χ4v) is 13.9. The Hall–Kier alpha value is -0.300. The average molecular weight is 593 g/mol. The van der Waals surface area contributed by atoms with Gasteiger partial charge in [-0.3, -0.25) is 0 Å². The van der Waals surface area contributed by atoms with Gasteiger partial charge in [-0.2, -0.15) is 0 Å². The quantitative estimate of drug-likeness (QED) is 0.295. The predicted octanol–water partition coefficient (Wildman–Crippen LogP) is 12.9. The van der Waals surface area contributed by atoms with Crippen LogP contribution in [0.15, 0.2) is 12.1 Å². The second-order valence-electron chi connectivity index (χ2n) is 18.6. The number of aryl methyl sites for hydroxylation is 1. The Morgan fingerprint density at radius 2 is 1.10 bits per heavy atom. The number of hydrogen-bond donors (Lipinski definition) is 0. The van der Waals surface area contributed by atoms with Gasteiger partial charge in [-0.1, -0.05) is 87.0 Å². The molecule has 1 heterocycles. The molecule has 1 aromatic heterocycles. The lowest BCUT2D eigenvalue weighted by atomic mass is 9.49. The van der Waals surface area contributed by atoms with Crippen LogP contribution in [-0.2, 0) is 11.8 Å². The fraction of sp³-hybridized carbons (Fsp3) is 0.902. The Kier molecular flexibility index (Phi) is 9.41. The Morgan fingerprint density at radius 3 is 1.57 bits per heavy atom. The summed E-state index contributed by atoms with van der Waals surface area (Å²) in [5.74, 6) is 8.61. The first-order valence-electron chi connectivity index (χ1n) is 19.1. The van der Waals surface area contributed by atoms with E-state index in [0.717, 1.165) is 53.3 Å². The summed E-state index contributed by atoms with van der Waals surface area (Å²) < 4.78 is 0. The molecule has 1 aromatic rings. The lowest BCUT2D eigenvalue weighted by Gasteiger charge is -2.56. The zero-order valence-corrected chi connectivity index (χ0v) is 29.8. The van der Waals surface area contributed by atoms with Crippen molar-refractivity contribution in [2.24, 2.45) is 64.1 Å². The van der Waals surface area contributed by atoms with Crippen LogP contribution in [0.3, 0.4) is 0 Å². The molecule has 0 nitrogen and oxygen atoms in total. The van der Waals surface area contributed by atoms with Crippen LogP contribution in [0.1, 0.15) is 167 Å². The largest absolute Gasteiger partial charge is 0.145 e. The van der Waals surface area contributed by atoms with E-state index >= 15 is 0 Å². The highest BCUT2D eigenvalue weighted by Gasteiger charge is 2.65. The minimum atomic E-state index is 0.452. The van der Waals surface area contributed by atoms with Crippen molar-refractivity contribution in [3.05, 3.63) is 21.9 Å². The molecule has 0 bridgehead atoms. The third kappa shape index (κ3) is 5.75. The zero-order chi connectivity index (χ0) is 29.7. The Labute approximate surface area is 266 Å². The minimum Gasteiger partial charge on any atom is -0.145 e. The first kappa shape index (κ1) is 31.7. The third-order valence-electron chi connectivity index (χ3n) is 14.6. The van der Waals surface area contributed by atoms with Crippen molar-refractivity contribution in [3.8, 4) is 0 Å². The van der Waals surface area contributed by atoms with Crippen LogP contribution >= 0.6 is 11.3 Å². The molecule has 42 heavy (non-hydrogen) atoms. The van der Waals surface area contributed by atoms with E-state index < -0.39 is 0 Å². The number of unbranched alkanes of at least 4 members (excludes halogenated alkanes) is 1. The van der Waals surface area contributed by atoms with Gasteiger partial charge in [0.2, 0.25) is 0 Å². The molecule has 238 valence electrons. The number of fused-ring (bicyclic) bond motifs is 3. The first-order chi connectivity index (χ1) is 20.0. The van der Waals surface area contributed by atoms with E-state index in [1.165, 1.54) is 89.9 Å². The summed E-state index contributed by atoms with van der Waals surface area (Å²) in [5.41, 5.74) is 1.36. The van der Waals surface area contributed by atoms with Crippen molar-refractivity contribution in [2.75, 3.05) is 0 Å². The van der Waals surface area contributed by atoms with Gasteiger partial charge in [0.1, 0.15) is 0 Å². The van der Waals surface area contributed by atoms with E-state index in [1.54, 1.807) is 30.6 Å². The van der Waals surface area contributed by atoms with Crippen molar-refractivity contribution in [1.82, 2.24) is 0 Å². The fourth-order valence-electron chi connectivity index (χ4n) is 12.5.